The fourth-order valence-corrected chi connectivity index (χ4v) is 3.48. The second-order valence-corrected chi connectivity index (χ2v) is 6.78. The van der Waals surface area contributed by atoms with Gasteiger partial charge in [0.2, 0.25) is 0 Å². The van der Waals surface area contributed by atoms with Crippen molar-refractivity contribution in [2.45, 2.75) is 19.4 Å². The number of esters is 1. The number of alkyl halides is 1. The van der Waals surface area contributed by atoms with Crippen LogP contribution in [0.15, 0.2) is 72.1 Å². The minimum Gasteiger partial charge on any atom is -0.497 e. The molecule has 0 saturated heterocycles. The number of halogens is 1. The molecule has 6 heteroatoms. The Morgan fingerprint density at radius 1 is 1.00 bits per heavy atom. The van der Waals surface area contributed by atoms with E-state index in [1.54, 1.807) is 26.0 Å². The maximum Gasteiger partial charge on any atom is 0.336 e. The summed E-state index contributed by atoms with van der Waals surface area (Å²) in [6.07, 6.45) is 3.73. The Balaban J connectivity index is 1.96. The minimum atomic E-state index is -0.776. The molecule has 1 atom stereocenters. The monoisotopic (exact) mass is 411 g/mol. The van der Waals surface area contributed by atoms with Gasteiger partial charge in [0.1, 0.15) is 18.2 Å². The van der Waals surface area contributed by atoms with Crippen LogP contribution in [0.1, 0.15) is 24.0 Å². The summed E-state index contributed by atoms with van der Waals surface area (Å²) < 4.78 is 29.9. The third-order valence-corrected chi connectivity index (χ3v) is 5.04. The van der Waals surface area contributed by atoms with Crippen molar-refractivity contribution in [3.8, 4) is 11.5 Å². The normalized spacial score (nSPS) is 15.9. The lowest BCUT2D eigenvalue weighted by molar-refractivity contribution is -0.139. The number of ether oxygens (including phenoxy) is 3. The van der Waals surface area contributed by atoms with Gasteiger partial charge in [0.25, 0.3) is 0 Å². The first-order chi connectivity index (χ1) is 14.6. The first-order valence-electron chi connectivity index (χ1n) is 9.79. The Morgan fingerprint density at radius 2 is 1.60 bits per heavy atom. The number of carbonyl (C=O) groups is 1. The van der Waals surface area contributed by atoms with E-state index < -0.39 is 18.6 Å². The Bertz CT molecular complexity index is 919. The molecule has 0 saturated carbocycles. The lowest BCUT2D eigenvalue weighted by atomic mass is 9.87. The molecule has 3 rings (SSSR count). The van der Waals surface area contributed by atoms with Gasteiger partial charge in [0, 0.05) is 18.7 Å². The molecule has 5 nitrogen and oxygen atoms in total. The van der Waals surface area contributed by atoms with Crippen molar-refractivity contribution in [3.63, 3.8) is 0 Å². The van der Waals surface area contributed by atoms with E-state index in [-0.39, 0.29) is 6.61 Å². The summed E-state index contributed by atoms with van der Waals surface area (Å²) in [5.41, 5.74) is 2.47. The molecule has 0 fully saturated rings. The number of allylic oxidation sites excluding steroid dienone is 2. The first-order valence-corrected chi connectivity index (χ1v) is 9.79. The Hall–Kier alpha value is -3.28. The second kappa shape index (κ2) is 9.96. The molecule has 1 aliphatic rings. The Labute approximate surface area is 176 Å². The van der Waals surface area contributed by atoms with E-state index >= 15 is 0 Å². The summed E-state index contributed by atoms with van der Waals surface area (Å²) in [6.45, 7) is 1.61. The standard InChI is InChI=1S/C24H26FNO4/c1-4-30-24(27)23-21(18-7-11-20(29-3)12-8-18)13-14-26(22(23)15-25)16-17-5-9-19(28-2)10-6-17/h5-14,21H,4,15-16H2,1-3H3. The van der Waals surface area contributed by atoms with Gasteiger partial charge in [-0.1, -0.05) is 30.3 Å². The topological polar surface area (TPSA) is 48.0 Å². The van der Waals surface area contributed by atoms with Crippen LogP contribution in [-0.4, -0.2) is 38.4 Å². The quantitative estimate of drug-likeness (QED) is 0.594. The van der Waals surface area contributed by atoms with E-state index in [4.69, 9.17) is 14.2 Å². The highest BCUT2D eigenvalue weighted by Gasteiger charge is 2.31. The number of rotatable bonds is 8. The van der Waals surface area contributed by atoms with Crippen LogP contribution in [-0.2, 0) is 16.1 Å². The molecule has 2 aromatic carbocycles. The van der Waals surface area contributed by atoms with E-state index in [1.807, 2.05) is 60.8 Å². The van der Waals surface area contributed by atoms with Gasteiger partial charge in [0.15, 0.2) is 0 Å². The van der Waals surface area contributed by atoms with Crippen molar-refractivity contribution in [1.82, 2.24) is 4.90 Å². The van der Waals surface area contributed by atoms with Gasteiger partial charge in [-0.15, -0.1) is 0 Å². The van der Waals surface area contributed by atoms with E-state index in [1.165, 1.54) is 0 Å². The molecule has 0 spiro atoms. The molecule has 2 aromatic rings. The third-order valence-electron chi connectivity index (χ3n) is 5.04. The van der Waals surface area contributed by atoms with Crippen LogP contribution in [0, 0.1) is 0 Å². The number of hydrogen-bond donors (Lipinski definition) is 0. The minimum absolute atomic E-state index is 0.222. The van der Waals surface area contributed by atoms with Crippen molar-refractivity contribution in [1.29, 1.82) is 0 Å². The van der Waals surface area contributed by atoms with E-state index in [2.05, 4.69) is 0 Å². The average molecular weight is 411 g/mol. The molecule has 0 aromatic heterocycles. The number of nitrogens with zero attached hydrogens (tertiary/aromatic N) is 1. The molecule has 0 N–H and O–H groups in total. The lowest BCUT2D eigenvalue weighted by Gasteiger charge is -2.31. The molecular formula is C24H26FNO4. The lowest BCUT2D eigenvalue weighted by Crippen LogP contribution is -2.29. The van der Waals surface area contributed by atoms with Crippen molar-refractivity contribution < 1.29 is 23.4 Å². The maximum atomic E-state index is 14.2. The summed E-state index contributed by atoms with van der Waals surface area (Å²) in [6, 6.07) is 15.0. The molecule has 0 bridgehead atoms. The Kier molecular flexibility index (Phi) is 7.12. The molecular weight excluding hydrogens is 385 g/mol. The number of methoxy groups -OCH3 is 2. The van der Waals surface area contributed by atoms with Crippen molar-refractivity contribution in [2.24, 2.45) is 0 Å². The summed E-state index contributed by atoms with van der Waals surface area (Å²) in [4.78, 5) is 14.6. The number of carbonyl (C=O) groups excluding carboxylic acids is 1. The summed E-state index contributed by atoms with van der Waals surface area (Å²) in [5, 5.41) is 0. The van der Waals surface area contributed by atoms with Crippen LogP contribution in [0.2, 0.25) is 0 Å². The largest absolute Gasteiger partial charge is 0.497 e. The van der Waals surface area contributed by atoms with Crippen LogP contribution in [0.25, 0.3) is 0 Å². The Morgan fingerprint density at radius 3 is 2.13 bits per heavy atom. The molecule has 1 unspecified atom stereocenters. The zero-order chi connectivity index (χ0) is 21.5. The van der Waals surface area contributed by atoms with Crippen LogP contribution < -0.4 is 9.47 Å². The summed E-state index contributed by atoms with van der Waals surface area (Å²) in [5.74, 6) is 0.566. The van der Waals surface area contributed by atoms with Gasteiger partial charge in [-0.3, -0.25) is 0 Å². The van der Waals surface area contributed by atoms with Gasteiger partial charge in [-0.05, 0) is 42.3 Å². The molecule has 0 radical (unpaired) electrons. The van der Waals surface area contributed by atoms with Gasteiger partial charge in [-0.25, -0.2) is 9.18 Å². The first kappa shape index (κ1) is 21.4. The van der Waals surface area contributed by atoms with Crippen LogP contribution in [0.5, 0.6) is 11.5 Å². The van der Waals surface area contributed by atoms with E-state index in [9.17, 15) is 9.18 Å². The van der Waals surface area contributed by atoms with Gasteiger partial charge < -0.3 is 19.1 Å². The van der Waals surface area contributed by atoms with Crippen molar-refractivity contribution in [2.75, 3.05) is 27.5 Å². The van der Waals surface area contributed by atoms with Gasteiger partial charge in [-0.2, -0.15) is 0 Å². The zero-order valence-electron chi connectivity index (χ0n) is 17.4. The summed E-state index contributed by atoms with van der Waals surface area (Å²) in [7, 11) is 3.20. The van der Waals surface area contributed by atoms with Gasteiger partial charge in [0.05, 0.1) is 32.1 Å². The predicted octanol–water partition coefficient (Wildman–Crippen LogP) is 4.60. The highest BCUT2D eigenvalue weighted by atomic mass is 19.1. The van der Waals surface area contributed by atoms with Crippen LogP contribution in [0.4, 0.5) is 4.39 Å². The SMILES string of the molecule is CCOC(=O)C1=C(CF)N(Cc2ccc(OC)cc2)C=CC1c1ccc(OC)cc1. The fraction of sp³-hybridized carbons (Fsp3) is 0.292. The van der Waals surface area contributed by atoms with Crippen LogP contribution in [0.3, 0.4) is 0 Å². The van der Waals surface area contributed by atoms with Crippen molar-refractivity contribution in [3.05, 3.63) is 83.2 Å². The molecule has 1 aliphatic heterocycles. The molecule has 30 heavy (non-hydrogen) atoms. The van der Waals surface area contributed by atoms with Gasteiger partial charge >= 0.3 is 5.97 Å². The predicted molar refractivity (Wildman–Crippen MR) is 113 cm³/mol. The maximum absolute atomic E-state index is 14.2. The average Bonchev–Trinajstić information content (AvgIpc) is 2.79. The number of benzene rings is 2. The van der Waals surface area contributed by atoms with E-state index in [0.717, 1.165) is 16.9 Å². The smallest absolute Gasteiger partial charge is 0.336 e. The molecule has 0 aliphatic carbocycles. The molecule has 1 heterocycles. The molecule has 0 amide bonds. The van der Waals surface area contributed by atoms with E-state index in [0.29, 0.717) is 23.6 Å². The molecule has 158 valence electrons. The van der Waals surface area contributed by atoms with Crippen molar-refractivity contribution >= 4 is 5.97 Å². The summed E-state index contributed by atoms with van der Waals surface area (Å²) >= 11 is 0. The van der Waals surface area contributed by atoms with Crippen LogP contribution >= 0.6 is 0 Å². The zero-order valence-corrected chi connectivity index (χ0v) is 17.4. The second-order valence-electron chi connectivity index (χ2n) is 6.78. The highest BCUT2D eigenvalue weighted by molar-refractivity contribution is 5.92. The highest BCUT2D eigenvalue weighted by Crippen LogP contribution is 2.36. The third kappa shape index (κ3) is 4.64. The number of hydrogen-bond acceptors (Lipinski definition) is 5. The fourth-order valence-electron chi connectivity index (χ4n) is 3.48.